The Bertz CT molecular complexity index is 1580. The van der Waals surface area contributed by atoms with Gasteiger partial charge in [0.15, 0.2) is 11.5 Å². The summed E-state index contributed by atoms with van der Waals surface area (Å²) >= 11 is 9.64. The second-order valence-electron chi connectivity index (χ2n) is 7.92. The van der Waals surface area contributed by atoms with Gasteiger partial charge in [-0.1, -0.05) is 82.1 Å². The number of rotatable bonds is 6. The normalized spacial score (nSPS) is 10.7. The third-order valence-electron chi connectivity index (χ3n) is 5.53. The number of carbonyl (C=O) groups is 2. The molecule has 1 amide bonds. The highest BCUT2D eigenvalue weighted by molar-refractivity contribution is 9.10. The van der Waals surface area contributed by atoms with Crippen LogP contribution < -0.4 is 5.32 Å². The third-order valence-corrected chi connectivity index (χ3v) is 6.26. The summed E-state index contributed by atoms with van der Waals surface area (Å²) in [6, 6.07) is 28.3. The van der Waals surface area contributed by atoms with Gasteiger partial charge in [0.2, 0.25) is 5.89 Å². The quantitative estimate of drug-likeness (QED) is 0.215. The van der Waals surface area contributed by atoms with E-state index in [1.165, 1.54) is 0 Å². The van der Waals surface area contributed by atoms with Gasteiger partial charge in [0.25, 0.3) is 5.91 Å². The molecule has 0 radical (unpaired) electrons. The molecule has 5 nitrogen and oxygen atoms in total. The number of halogens is 2. The van der Waals surface area contributed by atoms with Gasteiger partial charge >= 0.3 is 0 Å². The average molecular weight is 558 g/mol. The molecule has 0 spiro atoms. The Morgan fingerprint density at radius 1 is 0.833 bits per heavy atom. The molecule has 4 aromatic carbocycles. The smallest absolute Gasteiger partial charge is 0.256 e. The molecular formula is C29H18BrClN2O3. The van der Waals surface area contributed by atoms with E-state index < -0.39 is 5.91 Å². The van der Waals surface area contributed by atoms with Crippen LogP contribution in [0.4, 0.5) is 5.69 Å². The fourth-order valence-electron chi connectivity index (χ4n) is 3.79. The molecule has 0 aliphatic heterocycles. The molecule has 5 rings (SSSR count). The Hall–Kier alpha value is -4.00. The molecule has 0 atom stereocenters. The number of aromatic nitrogens is 1. The largest absolute Gasteiger partial charge is 0.436 e. The Morgan fingerprint density at radius 2 is 1.61 bits per heavy atom. The fourth-order valence-corrected chi connectivity index (χ4v) is 4.36. The maximum absolute atomic E-state index is 13.4. The number of carbonyl (C=O) groups excluding carboxylic acids is 2. The summed E-state index contributed by atoms with van der Waals surface area (Å²) in [6.07, 6.45) is 1.63. The van der Waals surface area contributed by atoms with Gasteiger partial charge in [-0.2, -0.15) is 0 Å². The summed E-state index contributed by atoms with van der Waals surface area (Å²) in [5.41, 5.74) is 2.89. The van der Waals surface area contributed by atoms with Gasteiger partial charge in [0, 0.05) is 31.7 Å². The van der Waals surface area contributed by atoms with Crippen molar-refractivity contribution >= 4 is 44.9 Å². The zero-order valence-corrected chi connectivity index (χ0v) is 21.1. The second-order valence-corrected chi connectivity index (χ2v) is 9.28. The summed E-state index contributed by atoms with van der Waals surface area (Å²) in [6.45, 7) is 0. The average Bonchev–Trinajstić information content (AvgIpc) is 3.40. The number of anilines is 1. The van der Waals surface area contributed by atoms with E-state index in [2.05, 4.69) is 26.2 Å². The number of nitrogens with one attached hydrogen (secondary N) is 1. The molecule has 0 aliphatic carbocycles. The van der Waals surface area contributed by atoms with Gasteiger partial charge in [-0.3, -0.25) is 9.59 Å². The van der Waals surface area contributed by atoms with E-state index in [4.69, 9.17) is 16.0 Å². The van der Waals surface area contributed by atoms with Crippen molar-refractivity contribution in [2.45, 2.75) is 0 Å². The van der Waals surface area contributed by atoms with E-state index in [1.54, 1.807) is 66.9 Å². The summed E-state index contributed by atoms with van der Waals surface area (Å²) in [5, 5.41) is 3.26. The van der Waals surface area contributed by atoms with Crippen molar-refractivity contribution in [2.24, 2.45) is 0 Å². The number of benzene rings is 4. The number of nitrogens with zero attached hydrogens (tertiary/aromatic N) is 1. The van der Waals surface area contributed by atoms with Crippen LogP contribution in [-0.4, -0.2) is 16.7 Å². The van der Waals surface area contributed by atoms with E-state index in [9.17, 15) is 9.59 Å². The molecule has 0 saturated carbocycles. The van der Waals surface area contributed by atoms with Gasteiger partial charge in [0.05, 0.1) is 17.4 Å². The van der Waals surface area contributed by atoms with Gasteiger partial charge < -0.3 is 9.73 Å². The van der Waals surface area contributed by atoms with Crippen molar-refractivity contribution in [1.82, 2.24) is 4.98 Å². The summed E-state index contributed by atoms with van der Waals surface area (Å²) in [7, 11) is 0. The van der Waals surface area contributed by atoms with Crippen LogP contribution >= 0.6 is 27.5 Å². The number of ketones is 1. The minimum Gasteiger partial charge on any atom is -0.436 e. The van der Waals surface area contributed by atoms with Crippen molar-refractivity contribution < 1.29 is 14.0 Å². The van der Waals surface area contributed by atoms with Gasteiger partial charge in [0.1, 0.15) is 0 Å². The molecule has 36 heavy (non-hydrogen) atoms. The van der Waals surface area contributed by atoms with Gasteiger partial charge in [-0.25, -0.2) is 4.98 Å². The van der Waals surface area contributed by atoms with E-state index >= 15 is 0 Å². The van der Waals surface area contributed by atoms with Crippen molar-refractivity contribution in [3.8, 4) is 22.8 Å². The molecule has 176 valence electrons. The molecule has 1 aromatic heterocycles. The van der Waals surface area contributed by atoms with Crippen molar-refractivity contribution in [1.29, 1.82) is 0 Å². The monoisotopic (exact) mass is 556 g/mol. The molecule has 0 fully saturated rings. The minimum atomic E-state index is -0.405. The second kappa shape index (κ2) is 10.3. The van der Waals surface area contributed by atoms with Crippen LogP contribution in [0.15, 0.2) is 112 Å². The lowest BCUT2D eigenvalue weighted by molar-refractivity contribution is 0.102. The van der Waals surface area contributed by atoms with E-state index in [-0.39, 0.29) is 5.78 Å². The Morgan fingerprint density at radius 3 is 2.42 bits per heavy atom. The topological polar surface area (TPSA) is 72.2 Å². The Kier molecular flexibility index (Phi) is 6.80. The predicted molar refractivity (Wildman–Crippen MR) is 144 cm³/mol. The number of oxazole rings is 1. The van der Waals surface area contributed by atoms with Crippen LogP contribution in [0.2, 0.25) is 5.02 Å². The minimum absolute atomic E-state index is 0.243. The zero-order valence-electron chi connectivity index (χ0n) is 18.7. The number of hydrogen-bond acceptors (Lipinski definition) is 4. The van der Waals surface area contributed by atoms with Crippen molar-refractivity contribution in [3.05, 3.63) is 129 Å². The van der Waals surface area contributed by atoms with Crippen molar-refractivity contribution in [2.75, 3.05) is 5.32 Å². The lowest BCUT2D eigenvalue weighted by atomic mass is 10.0. The molecule has 5 aromatic rings. The molecular weight excluding hydrogens is 540 g/mol. The van der Waals surface area contributed by atoms with E-state index in [0.717, 1.165) is 10.0 Å². The Labute approximate surface area is 220 Å². The highest BCUT2D eigenvalue weighted by Crippen LogP contribution is 2.31. The first-order valence-electron chi connectivity index (χ1n) is 11.0. The van der Waals surface area contributed by atoms with Crippen molar-refractivity contribution in [3.63, 3.8) is 0 Å². The number of amides is 1. The summed E-state index contributed by atoms with van der Waals surface area (Å²) in [5.74, 6) is 0.243. The zero-order chi connectivity index (χ0) is 25.1. The fraction of sp³-hybridized carbons (Fsp3) is 0. The molecule has 0 unspecified atom stereocenters. The van der Waals surface area contributed by atoms with Crippen LogP contribution in [0, 0.1) is 0 Å². The maximum atomic E-state index is 13.4. The third kappa shape index (κ3) is 5.00. The summed E-state index contributed by atoms with van der Waals surface area (Å²) < 4.78 is 6.92. The Balaban J connectivity index is 1.47. The van der Waals surface area contributed by atoms with Crippen LogP contribution in [0.5, 0.6) is 0 Å². The summed E-state index contributed by atoms with van der Waals surface area (Å²) in [4.78, 5) is 30.9. The lowest BCUT2D eigenvalue weighted by Crippen LogP contribution is -2.16. The highest BCUT2D eigenvalue weighted by Gasteiger charge is 2.20. The first kappa shape index (κ1) is 23.7. The molecule has 1 heterocycles. The molecule has 0 bridgehead atoms. The van der Waals surface area contributed by atoms with Crippen LogP contribution in [0.25, 0.3) is 22.8 Å². The SMILES string of the molecule is O=C(c1ccccc1)c1cc(Cl)ccc1NC(=O)c1ccccc1-c1ncc(-c2cccc(Br)c2)o1. The molecule has 0 saturated heterocycles. The number of hydrogen-bond donors (Lipinski definition) is 1. The van der Waals surface area contributed by atoms with Gasteiger partial charge in [-0.15, -0.1) is 0 Å². The molecule has 7 heteroatoms. The van der Waals surface area contributed by atoms with E-state index in [0.29, 0.717) is 44.6 Å². The van der Waals surface area contributed by atoms with Crippen LogP contribution in [0.3, 0.4) is 0 Å². The first-order chi connectivity index (χ1) is 17.5. The van der Waals surface area contributed by atoms with E-state index in [1.807, 2.05) is 36.4 Å². The van der Waals surface area contributed by atoms with Crippen LogP contribution in [-0.2, 0) is 0 Å². The standard InChI is InChI=1S/C29H18BrClN2O3/c30-20-10-6-9-19(15-20)26-17-32-29(36-26)23-12-5-4-11-22(23)28(35)33-25-14-13-21(31)16-24(25)27(34)18-7-2-1-3-8-18/h1-17H,(H,33,35). The first-order valence-corrected chi connectivity index (χ1v) is 12.2. The lowest BCUT2D eigenvalue weighted by Gasteiger charge is -2.12. The van der Waals surface area contributed by atoms with Gasteiger partial charge in [-0.05, 0) is 42.5 Å². The maximum Gasteiger partial charge on any atom is 0.256 e. The predicted octanol–water partition coefficient (Wildman–Crippen LogP) is 7.91. The highest BCUT2D eigenvalue weighted by atomic mass is 79.9. The van der Waals surface area contributed by atoms with Crippen LogP contribution in [0.1, 0.15) is 26.3 Å². The molecule has 0 aliphatic rings. The molecule has 1 N–H and O–H groups in total.